The lowest BCUT2D eigenvalue weighted by atomic mass is 10.2. The van der Waals surface area contributed by atoms with E-state index in [2.05, 4.69) is 48.8 Å². The summed E-state index contributed by atoms with van der Waals surface area (Å²) in [5.74, 6) is 0.0272. The van der Waals surface area contributed by atoms with E-state index in [1.54, 1.807) is 18.2 Å². The number of sulfonamides is 1. The van der Waals surface area contributed by atoms with Crippen LogP contribution < -0.4 is 10.0 Å². The van der Waals surface area contributed by atoms with Crippen molar-refractivity contribution in [2.75, 3.05) is 36.2 Å². The standard InChI is InChI=1S/C22H28N8O2S2/c1-3-30-17(2)18(15-25-30)16-28-11-13-29(14-12-28)22(33)26-19-5-7-20(8-6-19)34(31,32)27-21-23-9-4-10-24-21/h4-10,15H,3,11-14,16H2,1-2H3,(H,26,33)(H,23,24,27). The van der Waals surface area contributed by atoms with Gasteiger partial charge in [-0.05, 0) is 56.4 Å². The van der Waals surface area contributed by atoms with E-state index in [1.165, 1.54) is 35.8 Å². The van der Waals surface area contributed by atoms with Crippen LogP contribution in [0.3, 0.4) is 0 Å². The molecule has 34 heavy (non-hydrogen) atoms. The normalized spacial score (nSPS) is 14.7. The molecule has 10 nitrogen and oxygen atoms in total. The molecule has 0 unspecified atom stereocenters. The molecule has 0 aliphatic carbocycles. The first-order valence-corrected chi connectivity index (χ1v) is 12.9. The van der Waals surface area contributed by atoms with E-state index in [0.29, 0.717) is 5.11 Å². The zero-order valence-corrected chi connectivity index (χ0v) is 20.8. The first-order chi connectivity index (χ1) is 16.4. The van der Waals surface area contributed by atoms with Crippen LogP contribution in [0.5, 0.6) is 0 Å². The highest BCUT2D eigenvalue weighted by Crippen LogP contribution is 2.18. The number of aromatic nitrogens is 4. The molecule has 1 aliphatic rings. The average Bonchev–Trinajstić information content (AvgIpc) is 3.19. The van der Waals surface area contributed by atoms with Crippen LogP contribution in [0, 0.1) is 6.92 Å². The maximum atomic E-state index is 12.5. The summed E-state index contributed by atoms with van der Waals surface area (Å²) in [5.41, 5.74) is 3.21. The molecule has 1 saturated heterocycles. The molecule has 0 amide bonds. The zero-order valence-electron chi connectivity index (χ0n) is 19.2. The number of anilines is 2. The van der Waals surface area contributed by atoms with Crippen molar-refractivity contribution in [1.82, 2.24) is 29.5 Å². The number of hydrogen-bond acceptors (Lipinski definition) is 7. The van der Waals surface area contributed by atoms with Gasteiger partial charge in [-0.1, -0.05) is 0 Å². The number of aryl methyl sites for hydroxylation is 1. The van der Waals surface area contributed by atoms with Gasteiger partial charge in [-0.3, -0.25) is 9.58 Å². The van der Waals surface area contributed by atoms with Gasteiger partial charge in [-0.25, -0.2) is 23.1 Å². The van der Waals surface area contributed by atoms with E-state index in [1.807, 2.05) is 10.9 Å². The molecule has 0 saturated carbocycles. The summed E-state index contributed by atoms with van der Waals surface area (Å²) in [6.07, 6.45) is 4.91. The van der Waals surface area contributed by atoms with Crippen molar-refractivity contribution in [3.63, 3.8) is 0 Å². The van der Waals surface area contributed by atoms with Crippen molar-refractivity contribution in [3.8, 4) is 0 Å². The van der Waals surface area contributed by atoms with Gasteiger partial charge in [-0.2, -0.15) is 5.10 Å². The molecule has 2 aromatic heterocycles. The summed E-state index contributed by atoms with van der Waals surface area (Å²) in [6, 6.07) is 8.04. The van der Waals surface area contributed by atoms with Crippen LogP contribution in [0.2, 0.25) is 0 Å². The lowest BCUT2D eigenvalue weighted by Crippen LogP contribution is -2.49. The molecule has 1 aromatic carbocycles. The molecule has 1 aliphatic heterocycles. The van der Waals surface area contributed by atoms with Crippen molar-refractivity contribution in [2.24, 2.45) is 0 Å². The second-order valence-electron chi connectivity index (χ2n) is 7.97. The van der Waals surface area contributed by atoms with Crippen molar-refractivity contribution in [3.05, 3.63) is 60.2 Å². The fourth-order valence-corrected chi connectivity index (χ4v) is 5.02. The molecule has 4 rings (SSSR count). The molecule has 3 heterocycles. The smallest absolute Gasteiger partial charge is 0.264 e. The minimum absolute atomic E-state index is 0.0272. The first-order valence-electron chi connectivity index (χ1n) is 11.0. The summed E-state index contributed by atoms with van der Waals surface area (Å²) < 4.78 is 29.4. The van der Waals surface area contributed by atoms with E-state index in [-0.39, 0.29) is 10.8 Å². The second kappa shape index (κ2) is 10.5. The molecular weight excluding hydrogens is 472 g/mol. The van der Waals surface area contributed by atoms with Gasteiger partial charge in [0, 0.05) is 68.6 Å². The third-order valence-electron chi connectivity index (χ3n) is 5.77. The lowest BCUT2D eigenvalue weighted by molar-refractivity contribution is 0.176. The molecule has 0 atom stereocenters. The fraction of sp³-hybridized carbons (Fsp3) is 0.364. The van der Waals surface area contributed by atoms with Crippen LogP contribution in [0.4, 0.5) is 11.6 Å². The summed E-state index contributed by atoms with van der Waals surface area (Å²) in [6.45, 7) is 9.43. The van der Waals surface area contributed by atoms with Crippen LogP contribution in [0.15, 0.2) is 53.8 Å². The van der Waals surface area contributed by atoms with Gasteiger partial charge in [0.15, 0.2) is 5.11 Å². The summed E-state index contributed by atoms with van der Waals surface area (Å²) in [4.78, 5) is 12.4. The third-order valence-corrected chi connectivity index (χ3v) is 7.47. The molecule has 0 spiro atoms. The van der Waals surface area contributed by atoms with Gasteiger partial charge in [0.2, 0.25) is 5.95 Å². The number of thiocarbonyl (C=S) groups is 1. The Hall–Kier alpha value is -3.09. The predicted molar refractivity (Wildman–Crippen MR) is 135 cm³/mol. The van der Waals surface area contributed by atoms with Gasteiger partial charge in [0.25, 0.3) is 10.0 Å². The molecular formula is C22H28N8O2S2. The van der Waals surface area contributed by atoms with E-state index < -0.39 is 10.0 Å². The van der Waals surface area contributed by atoms with Gasteiger partial charge in [-0.15, -0.1) is 0 Å². The molecule has 3 aromatic rings. The Bertz CT molecular complexity index is 1220. The highest BCUT2D eigenvalue weighted by atomic mass is 32.2. The Morgan fingerprint density at radius 3 is 2.38 bits per heavy atom. The maximum absolute atomic E-state index is 12.5. The van der Waals surface area contributed by atoms with E-state index in [0.717, 1.165) is 45.0 Å². The highest BCUT2D eigenvalue weighted by molar-refractivity contribution is 7.92. The van der Waals surface area contributed by atoms with Crippen LogP contribution >= 0.6 is 12.2 Å². The summed E-state index contributed by atoms with van der Waals surface area (Å²) in [7, 11) is -3.77. The maximum Gasteiger partial charge on any atom is 0.264 e. The zero-order chi connectivity index (χ0) is 24.1. The highest BCUT2D eigenvalue weighted by Gasteiger charge is 2.21. The minimum Gasteiger partial charge on any atom is -0.346 e. The average molecular weight is 501 g/mol. The van der Waals surface area contributed by atoms with Gasteiger partial charge >= 0.3 is 0 Å². The molecule has 1 fully saturated rings. The Kier molecular flexibility index (Phi) is 7.39. The lowest BCUT2D eigenvalue weighted by Gasteiger charge is -2.36. The van der Waals surface area contributed by atoms with Gasteiger partial charge in [0.05, 0.1) is 11.1 Å². The Labute approximate surface area is 205 Å². The van der Waals surface area contributed by atoms with E-state index >= 15 is 0 Å². The van der Waals surface area contributed by atoms with Crippen molar-refractivity contribution in [2.45, 2.75) is 31.8 Å². The molecule has 0 bridgehead atoms. The third kappa shape index (κ3) is 5.69. The number of hydrogen-bond donors (Lipinski definition) is 2. The second-order valence-corrected chi connectivity index (χ2v) is 10.0. The van der Waals surface area contributed by atoms with Crippen LogP contribution in [0.25, 0.3) is 0 Å². The molecule has 180 valence electrons. The monoisotopic (exact) mass is 500 g/mol. The van der Waals surface area contributed by atoms with Crippen LogP contribution in [-0.4, -0.2) is 69.3 Å². The quantitative estimate of drug-likeness (QED) is 0.473. The van der Waals surface area contributed by atoms with E-state index in [9.17, 15) is 8.42 Å². The van der Waals surface area contributed by atoms with Crippen LogP contribution in [-0.2, 0) is 23.1 Å². The fourth-order valence-electron chi connectivity index (χ4n) is 3.76. The Balaban J connectivity index is 1.29. The predicted octanol–water partition coefficient (Wildman–Crippen LogP) is 2.32. The largest absolute Gasteiger partial charge is 0.346 e. The van der Waals surface area contributed by atoms with Gasteiger partial charge < -0.3 is 10.2 Å². The van der Waals surface area contributed by atoms with Crippen LogP contribution in [0.1, 0.15) is 18.2 Å². The first kappa shape index (κ1) is 24.0. The van der Waals surface area contributed by atoms with Crippen molar-refractivity contribution in [1.29, 1.82) is 0 Å². The Morgan fingerprint density at radius 2 is 1.76 bits per heavy atom. The number of nitrogens with one attached hydrogen (secondary N) is 2. The van der Waals surface area contributed by atoms with Crippen molar-refractivity contribution >= 4 is 39.0 Å². The number of piperazine rings is 1. The molecule has 0 radical (unpaired) electrons. The summed E-state index contributed by atoms with van der Waals surface area (Å²) in [5, 5.41) is 8.27. The van der Waals surface area contributed by atoms with Crippen molar-refractivity contribution < 1.29 is 8.42 Å². The minimum atomic E-state index is -3.77. The number of benzene rings is 1. The van der Waals surface area contributed by atoms with Gasteiger partial charge in [0.1, 0.15) is 0 Å². The Morgan fingerprint density at radius 1 is 1.09 bits per heavy atom. The number of rotatable bonds is 7. The summed E-state index contributed by atoms with van der Waals surface area (Å²) >= 11 is 5.59. The number of nitrogens with zero attached hydrogens (tertiary/aromatic N) is 6. The molecule has 12 heteroatoms. The molecule has 2 N–H and O–H groups in total. The SMILES string of the molecule is CCn1ncc(CN2CCN(C(=S)Nc3ccc(S(=O)(=O)Nc4ncccn4)cc3)CC2)c1C. The van der Waals surface area contributed by atoms with E-state index in [4.69, 9.17) is 12.2 Å². The topological polar surface area (TPSA) is 108 Å².